The molecular formula is C13H16F3NS. The van der Waals surface area contributed by atoms with Crippen molar-refractivity contribution in [3.8, 4) is 0 Å². The standard InChI is InChI=1S/C13H16F3NS/c14-13(15,16)12(18-11-8-4-5-9-11)17-10-6-2-1-3-7-10/h1-3,6-7,11-12,17H,4-5,8-9H2/t12-/m1/s1. The molecular weight excluding hydrogens is 259 g/mol. The maximum absolute atomic E-state index is 13.0. The van der Waals surface area contributed by atoms with Crippen molar-refractivity contribution in [2.24, 2.45) is 0 Å². The Morgan fingerprint density at radius 2 is 1.72 bits per heavy atom. The van der Waals surface area contributed by atoms with Gasteiger partial charge in [0.2, 0.25) is 0 Å². The molecule has 1 saturated carbocycles. The van der Waals surface area contributed by atoms with Gasteiger partial charge in [-0.25, -0.2) is 0 Å². The molecule has 1 atom stereocenters. The highest BCUT2D eigenvalue weighted by Crippen LogP contribution is 2.39. The topological polar surface area (TPSA) is 12.0 Å². The number of hydrogen-bond acceptors (Lipinski definition) is 2. The van der Waals surface area contributed by atoms with Crippen LogP contribution in [0, 0.1) is 0 Å². The van der Waals surface area contributed by atoms with Crippen molar-refractivity contribution in [3.05, 3.63) is 30.3 Å². The lowest BCUT2D eigenvalue weighted by Gasteiger charge is -2.24. The third-order valence-corrected chi connectivity index (χ3v) is 4.51. The first-order valence-electron chi connectivity index (χ1n) is 6.09. The van der Waals surface area contributed by atoms with Gasteiger partial charge in [0, 0.05) is 10.9 Å². The number of para-hydroxylation sites is 1. The maximum atomic E-state index is 13.0. The summed E-state index contributed by atoms with van der Waals surface area (Å²) in [4.78, 5) is 0. The molecule has 1 N–H and O–H groups in total. The zero-order valence-electron chi connectivity index (χ0n) is 9.91. The van der Waals surface area contributed by atoms with E-state index in [0.29, 0.717) is 5.69 Å². The van der Waals surface area contributed by atoms with Crippen LogP contribution in [0.1, 0.15) is 25.7 Å². The molecule has 1 aromatic rings. The molecule has 100 valence electrons. The molecule has 1 aromatic carbocycles. The van der Waals surface area contributed by atoms with Crippen molar-refractivity contribution in [1.82, 2.24) is 0 Å². The van der Waals surface area contributed by atoms with Gasteiger partial charge in [0.1, 0.15) is 0 Å². The van der Waals surface area contributed by atoms with Gasteiger partial charge in [0.25, 0.3) is 0 Å². The van der Waals surface area contributed by atoms with Crippen molar-refractivity contribution in [2.45, 2.75) is 42.5 Å². The predicted octanol–water partition coefficient (Wildman–Crippen LogP) is 4.66. The number of nitrogens with one attached hydrogen (secondary N) is 1. The van der Waals surface area contributed by atoms with Gasteiger partial charge in [0.15, 0.2) is 5.37 Å². The van der Waals surface area contributed by atoms with Crippen LogP contribution in [0.4, 0.5) is 18.9 Å². The molecule has 0 radical (unpaired) electrons. The van der Waals surface area contributed by atoms with Gasteiger partial charge in [-0.2, -0.15) is 13.2 Å². The molecule has 0 aliphatic heterocycles. The van der Waals surface area contributed by atoms with Crippen LogP contribution in [0.25, 0.3) is 0 Å². The molecule has 0 aromatic heterocycles. The van der Waals surface area contributed by atoms with Crippen LogP contribution in [0.2, 0.25) is 0 Å². The zero-order valence-corrected chi connectivity index (χ0v) is 10.7. The summed E-state index contributed by atoms with van der Waals surface area (Å²) < 4.78 is 38.9. The number of anilines is 1. The summed E-state index contributed by atoms with van der Waals surface area (Å²) in [5.74, 6) is 0. The number of thioether (sulfide) groups is 1. The number of benzene rings is 1. The van der Waals surface area contributed by atoms with Crippen molar-refractivity contribution in [2.75, 3.05) is 5.32 Å². The quantitative estimate of drug-likeness (QED) is 0.802. The van der Waals surface area contributed by atoms with E-state index in [1.807, 2.05) is 0 Å². The van der Waals surface area contributed by atoms with Crippen LogP contribution in [-0.2, 0) is 0 Å². The molecule has 5 heteroatoms. The summed E-state index contributed by atoms with van der Waals surface area (Å²) in [6.45, 7) is 0. The predicted molar refractivity (Wildman–Crippen MR) is 69.8 cm³/mol. The summed E-state index contributed by atoms with van der Waals surface area (Å²) in [6, 6.07) is 8.58. The second kappa shape index (κ2) is 5.87. The smallest absolute Gasteiger partial charge is 0.366 e. The SMILES string of the molecule is FC(F)(F)[C@H](Nc1ccccc1)SC1CCCC1. The Balaban J connectivity index is 2.01. The molecule has 1 fully saturated rings. The number of alkyl halides is 3. The summed E-state index contributed by atoms with van der Waals surface area (Å²) in [5.41, 5.74) is 0.519. The van der Waals surface area contributed by atoms with E-state index in [4.69, 9.17) is 0 Å². The fourth-order valence-electron chi connectivity index (χ4n) is 2.10. The fraction of sp³-hybridized carbons (Fsp3) is 0.538. The van der Waals surface area contributed by atoms with E-state index >= 15 is 0 Å². The van der Waals surface area contributed by atoms with Crippen LogP contribution in [0.15, 0.2) is 30.3 Å². The molecule has 0 heterocycles. The van der Waals surface area contributed by atoms with E-state index in [0.717, 1.165) is 37.4 Å². The Morgan fingerprint density at radius 1 is 1.11 bits per heavy atom. The van der Waals surface area contributed by atoms with Gasteiger partial charge in [0.05, 0.1) is 0 Å². The maximum Gasteiger partial charge on any atom is 0.418 e. The first-order chi connectivity index (χ1) is 8.55. The monoisotopic (exact) mass is 275 g/mol. The van der Waals surface area contributed by atoms with Crippen LogP contribution in [-0.4, -0.2) is 16.8 Å². The zero-order chi connectivity index (χ0) is 13.0. The van der Waals surface area contributed by atoms with Crippen LogP contribution < -0.4 is 5.32 Å². The fourth-order valence-corrected chi connectivity index (χ4v) is 3.44. The van der Waals surface area contributed by atoms with Gasteiger partial charge in [-0.15, -0.1) is 11.8 Å². The Labute approximate surface area is 109 Å². The lowest BCUT2D eigenvalue weighted by atomic mass is 10.3. The van der Waals surface area contributed by atoms with Crippen molar-refractivity contribution in [3.63, 3.8) is 0 Å². The summed E-state index contributed by atoms with van der Waals surface area (Å²) >= 11 is 1.02. The lowest BCUT2D eigenvalue weighted by Crippen LogP contribution is -2.34. The highest BCUT2D eigenvalue weighted by atomic mass is 32.2. The van der Waals surface area contributed by atoms with E-state index in [1.165, 1.54) is 0 Å². The van der Waals surface area contributed by atoms with Gasteiger partial charge in [-0.3, -0.25) is 0 Å². The number of halogens is 3. The lowest BCUT2D eigenvalue weighted by molar-refractivity contribution is -0.123. The normalized spacial score (nSPS) is 18.8. The van der Waals surface area contributed by atoms with Crippen molar-refractivity contribution in [1.29, 1.82) is 0 Å². The minimum absolute atomic E-state index is 0.132. The molecule has 2 rings (SSSR count). The molecule has 1 aliphatic carbocycles. The second-order valence-corrected chi connectivity index (χ2v) is 5.88. The molecule has 1 nitrogen and oxygen atoms in total. The van der Waals surface area contributed by atoms with Crippen LogP contribution in [0.3, 0.4) is 0 Å². The first-order valence-corrected chi connectivity index (χ1v) is 7.04. The van der Waals surface area contributed by atoms with E-state index in [-0.39, 0.29) is 5.25 Å². The molecule has 18 heavy (non-hydrogen) atoms. The van der Waals surface area contributed by atoms with E-state index in [9.17, 15) is 13.2 Å². The Kier molecular flexibility index (Phi) is 4.43. The van der Waals surface area contributed by atoms with E-state index in [1.54, 1.807) is 30.3 Å². The van der Waals surface area contributed by atoms with E-state index < -0.39 is 11.6 Å². The van der Waals surface area contributed by atoms with Crippen molar-refractivity contribution < 1.29 is 13.2 Å². The average molecular weight is 275 g/mol. The number of rotatable bonds is 4. The molecule has 0 spiro atoms. The molecule has 0 amide bonds. The Hall–Kier alpha value is -0.840. The van der Waals surface area contributed by atoms with Gasteiger partial charge in [-0.05, 0) is 25.0 Å². The van der Waals surface area contributed by atoms with Crippen LogP contribution in [0.5, 0.6) is 0 Å². The van der Waals surface area contributed by atoms with Gasteiger partial charge in [-0.1, -0.05) is 31.0 Å². The summed E-state index contributed by atoms with van der Waals surface area (Å²) in [7, 11) is 0. The van der Waals surface area contributed by atoms with Crippen LogP contribution >= 0.6 is 11.8 Å². The minimum Gasteiger partial charge on any atom is -0.366 e. The van der Waals surface area contributed by atoms with Gasteiger partial charge >= 0.3 is 6.18 Å². The third kappa shape index (κ3) is 3.83. The molecule has 0 unspecified atom stereocenters. The van der Waals surface area contributed by atoms with E-state index in [2.05, 4.69) is 5.32 Å². The first kappa shape index (κ1) is 13.6. The second-order valence-electron chi connectivity index (χ2n) is 4.47. The summed E-state index contributed by atoms with van der Waals surface area (Å²) in [5, 5.41) is 1.20. The molecule has 0 saturated heterocycles. The summed E-state index contributed by atoms with van der Waals surface area (Å²) in [6.07, 6.45) is -0.328. The van der Waals surface area contributed by atoms with Crippen molar-refractivity contribution >= 4 is 17.4 Å². The third-order valence-electron chi connectivity index (χ3n) is 3.00. The average Bonchev–Trinajstić information content (AvgIpc) is 2.81. The number of hydrogen-bond donors (Lipinski definition) is 1. The molecule has 0 bridgehead atoms. The van der Waals surface area contributed by atoms with Gasteiger partial charge < -0.3 is 5.32 Å². The Bertz CT molecular complexity index is 360. The highest BCUT2D eigenvalue weighted by Gasteiger charge is 2.42. The minimum atomic E-state index is -4.22. The Morgan fingerprint density at radius 3 is 2.28 bits per heavy atom. The molecule has 1 aliphatic rings. The highest BCUT2D eigenvalue weighted by molar-refractivity contribution is 8.00. The largest absolute Gasteiger partial charge is 0.418 e.